The number of ether oxygens (including phenoxy) is 1. The Hall–Kier alpha value is -1.79. The Labute approximate surface area is 140 Å². The minimum Gasteiger partial charge on any atom is -0.491 e. The van der Waals surface area contributed by atoms with Crippen molar-refractivity contribution in [1.82, 2.24) is 5.32 Å². The van der Waals surface area contributed by atoms with E-state index in [1.807, 2.05) is 25.1 Å². The highest BCUT2D eigenvalue weighted by Crippen LogP contribution is 2.25. The van der Waals surface area contributed by atoms with E-state index in [0.29, 0.717) is 17.7 Å². The molecule has 1 aliphatic rings. The van der Waals surface area contributed by atoms with Crippen molar-refractivity contribution in [2.75, 3.05) is 13.2 Å². The van der Waals surface area contributed by atoms with E-state index in [1.165, 1.54) is 25.7 Å². The summed E-state index contributed by atoms with van der Waals surface area (Å²) < 4.78 is 5.66. The Morgan fingerprint density at radius 1 is 1.26 bits per heavy atom. The summed E-state index contributed by atoms with van der Waals surface area (Å²) in [5.74, 6) is -2.87. The molecule has 0 heterocycles. The smallest absolute Gasteiger partial charge is 0.414 e. The third-order valence-corrected chi connectivity index (χ3v) is 3.71. The van der Waals surface area contributed by atoms with E-state index in [1.54, 1.807) is 0 Å². The monoisotopic (exact) mass is 343 g/mol. The van der Waals surface area contributed by atoms with Crippen LogP contribution in [0.1, 0.15) is 31.2 Å². The van der Waals surface area contributed by atoms with E-state index in [0.717, 1.165) is 17.9 Å². The Balaban J connectivity index is 0.000000379. The molecule has 0 aromatic heterocycles. The van der Waals surface area contributed by atoms with Crippen molar-refractivity contribution in [3.63, 3.8) is 0 Å². The zero-order chi connectivity index (χ0) is 17.2. The summed E-state index contributed by atoms with van der Waals surface area (Å²) in [6.45, 7) is 3.60. The van der Waals surface area contributed by atoms with E-state index < -0.39 is 11.9 Å². The van der Waals surface area contributed by atoms with Crippen LogP contribution in [0.15, 0.2) is 18.2 Å². The third kappa shape index (κ3) is 7.85. The topological polar surface area (TPSA) is 95.9 Å². The number of nitrogens with one attached hydrogen (secondary N) is 1. The van der Waals surface area contributed by atoms with Gasteiger partial charge in [0.2, 0.25) is 0 Å². The number of halogens is 1. The first-order valence-electron chi connectivity index (χ1n) is 7.48. The molecule has 0 saturated heterocycles. The molecule has 128 valence electrons. The van der Waals surface area contributed by atoms with Crippen LogP contribution in [0.2, 0.25) is 5.02 Å². The molecule has 0 bridgehead atoms. The highest BCUT2D eigenvalue weighted by Gasteiger charge is 2.13. The van der Waals surface area contributed by atoms with Gasteiger partial charge in [0.15, 0.2) is 0 Å². The van der Waals surface area contributed by atoms with Gasteiger partial charge in [-0.2, -0.15) is 0 Å². The van der Waals surface area contributed by atoms with Gasteiger partial charge in [0.05, 0.1) is 5.02 Å². The molecule has 0 unspecified atom stereocenters. The largest absolute Gasteiger partial charge is 0.491 e. The number of hydrogen-bond acceptors (Lipinski definition) is 4. The van der Waals surface area contributed by atoms with Gasteiger partial charge in [0.25, 0.3) is 0 Å². The van der Waals surface area contributed by atoms with Crippen LogP contribution >= 0.6 is 11.6 Å². The number of aryl methyl sites for hydroxylation is 1. The molecule has 0 spiro atoms. The number of benzene rings is 1. The molecule has 1 aromatic carbocycles. The highest BCUT2D eigenvalue weighted by atomic mass is 35.5. The summed E-state index contributed by atoms with van der Waals surface area (Å²) >= 11 is 6.09. The number of hydrogen-bond donors (Lipinski definition) is 3. The third-order valence-electron chi connectivity index (χ3n) is 3.42. The van der Waals surface area contributed by atoms with Crippen LogP contribution < -0.4 is 10.1 Å². The normalized spacial score (nSPS) is 14.0. The van der Waals surface area contributed by atoms with E-state index in [-0.39, 0.29) is 0 Å². The average molecular weight is 344 g/mol. The molecule has 0 amide bonds. The van der Waals surface area contributed by atoms with Gasteiger partial charge in [-0.25, -0.2) is 9.59 Å². The lowest BCUT2D eigenvalue weighted by atomic mass is 10.2. The molecular weight excluding hydrogens is 322 g/mol. The first-order valence-corrected chi connectivity index (χ1v) is 7.86. The van der Waals surface area contributed by atoms with Gasteiger partial charge in [-0.05, 0) is 37.5 Å². The maximum absolute atomic E-state index is 9.10. The molecule has 0 atom stereocenters. The Kier molecular flexibility index (Phi) is 8.43. The first kappa shape index (κ1) is 19.3. The van der Waals surface area contributed by atoms with Crippen molar-refractivity contribution in [2.45, 2.75) is 38.6 Å². The van der Waals surface area contributed by atoms with Crippen LogP contribution in [0.5, 0.6) is 5.75 Å². The summed E-state index contributed by atoms with van der Waals surface area (Å²) in [7, 11) is 0. The van der Waals surface area contributed by atoms with Crippen molar-refractivity contribution < 1.29 is 24.5 Å². The lowest BCUT2D eigenvalue weighted by Crippen LogP contribution is -2.30. The predicted molar refractivity (Wildman–Crippen MR) is 87.2 cm³/mol. The fourth-order valence-electron chi connectivity index (χ4n) is 2.28. The van der Waals surface area contributed by atoms with Crippen molar-refractivity contribution in [1.29, 1.82) is 0 Å². The molecule has 1 aromatic rings. The van der Waals surface area contributed by atoms with Crippen molar-refractivity contribution in [3.05, 3.63) is 28.8 Å². The number of carbonyl (C=O) groups is 2. The first-order chi connectivity index (χ1) is 10.9. The molecule has 23 heavy (non-hydrogen) atoms. The second-order valence-electron chi connectivity index (χ2n) is 5.33. The number of aliphatic carboxylic acids is 2. The summed E-state index contributed by atoms with van der Waals surface area (Å²) in [4.78, 5) is 18.2. The molecule has 3 N–H and O–H groups in total. The van der Waals surface area contributed by atoms with Gasteiger partial charge >= 0.3 is 11.9 Å². The molecule has 1 aliphatic carbocycles. The van der Waals surface area contributed by atoms with Crippen LogP contribution in [0.25, 0.3) is 0 Å². The molecule has 1 fully saturated rings. The maximum Gasteiger partial charge on any atom is 0.414 e. The summed E-state index contributed by atoms with van der Waals surface area (Å²) in [5, 5.41) is 19.0. The molecule has 2 rings (SSSR count). The summed E-state index contributed by atoms with van der Waals surface area (Å²) in [6, 6.07) is 6.59. The van der Waals surface area contributed by atoms with Crippen LogP contribution in [-0.2, 0) is 9.59 Å². The van der Waals surface area contributed by atoms with E-state index in [4.69, 9.17) is 36.1 Å². The zero-order valence-corrected chi connectivity index (χ0v) is 13.8. The van der Waals surface area contributed by atoms with Gasteiger partial charge in [-0.1, -0.05) is 30.5 Å². The van der Waals surface area contributed by atoms with E-state index in [2.05, 4.69) is 5.32 Å². The molecule has 0 radical (unpaired) electrons. The maximum atomic E-state index is 9.10. The molecule has 6 nitrogen and oxygen atoms in total. The molecule has 1 saturated carbocycles. The highest BCUT2D eigenvalue weighted by molar-refractivity contribution is 6.32. The molecule has 0 aliphatic heterocycles. The average Bonchev–Trinajstić information content (AvgIpc) is 2.99. The standard InChI is InChI=1S/C14H20ClNO.C2H2O4/c1-11-6-7-14(13(15)10-11)17-9-8-16-12-4-2-3-5-12;3-1(4)2(5)6/h6-7,10,12,16H,2-5,8-9H2,1H3;(H,3,4)(H,5,6). The van der Waals surface area contributed by atoms with Crippen LogP contribution in [0, 0.1) is 6.92 Å². The van der Waals surface area contributed by atoms with Gasteiger partial charge in [0, 0.05) is 12.6 Å². The van der Waals surface area contributed by atoms with Crippen molar-refractivity contribution in [2.24, 2.45) is 0 Å². The Bertz CT molecular complexity index is 517. The SMILES string of the molecule is Cc1ccc(OCCNC2CCCC2)c(Cl)c1.O=C(O)C(=O)O. The molecular formula is C16H22ClNO5. The van der Waals surface area contributed by atoms with Crippen LogP contribution in [0.3, 0.4) is 0 Å². The fourth-order valence-corrected chi connectivity index (χ4v) is 2.57. The molecule has 7 heteroatoms. The van der Waals surface area contributed by atoms with Crippen LogP contribution in [-0.4, -0.2) is 41.3 Å². The summed E-state index contributed by atoms with van der Waals surface area (Å²) in [6.07, 6.45) is 5.35. The zero-order valence-electron chi connectivity index (χ0n) is 13.0. The fraction of sp³-hybridized carbons (Fsp3) is 0.500. The summed E-state index contributed by atoms with van der Waals surface area (Å²) in [5.41, 5.74) is 1.16. The van der Waals surface area contributed by atoms with Gasteiger partial charge < -0.3 is 20.3 Å². The number of rotatable bonds is 5. The predicted octanol–water partition coefficient (Wildman–Crippen LogP) is 2.72. The van der Waals surface area contributed by atoms with E-state index in [9.17, 15) is 0 Å². The Morgan fingerprint density at radius 2 is 1.87 bits per heavy atom. The lowest BCUT2D eigenvalue weighted by Gasteiger charge is -2.13. The Morgan fingerprint density at radius 3 is 2.39 bits per heavy atom. The second-order valence-corrected chi connectivity index (χ2v) is 5.74. The van der Waals surface area contributed by atoms with Crippen molar-refractivity contribution in [3.8, 4) is 5.75 Å². The van der Waals surface area contributed by atoms with Gasteiger partial charge in [0.1, 0.15) is 12.4 Å². The number of carboxylic acids is 2. The lowest BCUT2D eigenvalue weighted by molar-refractivity contribution is -0.159. The van der Waals surface area contributed by atoms with Crippen LogP contribution in [0.4, 0.5) is 0 Å². The van der Waals surface area contributed by atoms with E-state index >= 15 is 0 Å². The second kappa shape index (κ2) is 10.1. The quantitative estimate of drug-likeness (QED) is 0.562. The van der Waals surface area contributed by atoms with Gasteiger partial charge in [-0.3, -0.25) is 0 Å². The van der Waals surface area contributed by atoms with Crippen molar-refractivity contribution >= 4 is 23.5 Å². The van der Waals surface area contributed by atoms with Gasteiger partial charge in [-0.15, -0.1) is 0 Å². The minimum atomic E-state index is -1.82. The minimum absolute atomic E-state index is 0.680. The number of carboxylic acid groups (broad SMARTS) is 2.